The van der Waals surface area contributed by atoms with Crippen LogP contribution in [0.25, 0.3) is 0 Å². The number of thiophene rings is 1. The van der Waals surface area contributed by atoms with Crippen LogP contribution in [0.2, 0.25) is 0 Å². The van der Waals surface area contributed by atoms with Crippen molar-refractivity contribution in [3.8, 4) is 0 Å². The number of nitrogens with two attached hydrogens (primary N) is 1. The number of thiocarbonyl (C=S) groups is 1. The molecule has 0 fully saturated rings. The number of rotatable bonds is 5. The van der Waals surface area contributed by atoms with Crippen molar-refractivity contribution in [3.63, 3.8) is 0 Å². The smallest absolute Gasteiger partial charge is 0.161 e. The van der Waals surface area contributed by atoms with Crippen LogP contribution in [0.1, 0.15) is 10.4 Å². The first-order valence-corrected chi connectivity index (χ1v) is 7.71. The summed E-state index contributed by atoms with van der Waals surface area (Å²) >= 11 is 9.73. The summed E-state index contributed by atoms with van der Waals surface area (Å²) in [6.07, 6.45) is 0.867. The second-order valence-electron chi connectivity index (χ2n) is 3.91. The van der Waals surface area contributed by atoms with Crippen LogP contribution >= 0.6 is 39.5 Å². The first-order chi connectivity index (χ1) is 9.09. The Morgan fingerprint density at radius 3 is 2.84 bits per heavy atom. The van der Waals surface area contributed by atoms with Gasteiger partial charge >= 0.3 is 0 Å². The van der Waals surface area contributed by atoms with Gasteiger partial charge in [0.2, 0.25) is 0 Å². The number of halogens is 2. The molecule has 0 spiro atoms. The predicted molar refractivity (Wildman–Crippen MR) is 86.5 cm³/mol. The molecule has 0 radical (unpaired) electrons. The van der Waals surface area contributed by atoms with Gasteiger partial charge in [-0.3, -0.25) is 0 Å². The van der Waals surface area contributed by atoms with E-state index >= 15 is 0 Å². The molecule has 1 aromatic heterocycles. The van der Waals surface area contributed by atoms with E-state index in [9.17, 15) is 4.39 Å². The van der Waals surface area contributed by atoms with E-state index in [1.807, 2.05) is 11.4 Å². The van der Waals surface area contributed by atoms with Crippen LogP contribution in [0.3, 0.4) is 0 Å². The molecule has 19 heavy (non-hydrogen) atoms. The summed E-state index contributed by atoms with van der Waals surface area (Å²) in [6, 6.07) is 7.44. The van der Waals surface area contributed by atoms with Crippen molar-refractivity contribution < 1.29 is 4.39 Å². The second-order valence-corrected chi connectivity index (χ2v) is 6.17. The van der Waals surface area contributed by atoms with Crippen molar-refractivity contribution in [2.45, 2.75) is 6.42 Å². The van der Waals surface area contributed by atoms with Crippen LogP contribution < -0.4 is 11.1 Å². The van der Waals surface area contributed by atoms with Crippen LogP contribution in [0.5, 0.6) is 0 Å². The molecule has 0 bridgehead atoms. The molecule has 100 valence electrons. The minimum Gasteiger partial charge on any atom is -0.389 e. The van der Waals surface area contributed by atoms with Gasteiger partial charge < -0.3 is 11.1 Å². The SMILES string of the molecule is NC(=S)c1ccc(NCCc2cccs2)c(F)c1Br. The molecule has 0 atom stereocenters. The van der Waals surface area contributed by atoms with Crippen molar-refractivity contribution in [2.24, 2.45) is 5.73 Å². The average molecular weight is 359 g/mol. The standard InChI is InChI=1S/C13H12BrFN2S2/c14-11-9(13(16)18)3-4-10(12(11)15)17-6-5-8-2-1-7-19-8/h1-4,7,17H,5-6H2,(H2,16,18). The molecular formula is C13H12BrFN2S2. The second kappa shape index (κ2) is 6.45. The molecule has 0 unspecified atom stereocenters. The summed E-state index contributed by atoms with van der Waals surface area (Å²) in [6.45, 7) is 0.677. The van der Waals surface area contributed by atoms with Gasteiger partial charge in [0.05, 0.1) is 10.2 Å². The monoisotopic (exact) mass is 358 g/mol. The molecule has 0 saturated heterocycles. The fourth-order valence-electron chi connectivity index (χ4n) is 1.65. The summed E-state index contributed by atoms with van der Waals surface area (Å²) in [5.74, 6) is -0.364. The largest absolute Gasteiger partial charge is 0.389 e. The van der Waals surface area contributed by atoms with Gasteiger partial charge in [-0.25, -0.2) is 4.39 Å². The third-order valence-electron chi connectivity index (χ3n) is 2.61. The maximum absolute atomic E-state index is 14.1. The predicted octanol–water partition coefficient (Wildman–Crippen LogP) is 3.94. The molecule has 2 nitrogen and oxygen atoms in total. The number of hydrogen-bond acceptors (Lipinski definition) is 3. The first-order valence-electron chi connectivity index (χ1n) is 5.63. The van der Waals surface area contributed by atoms with Gasteiger partial charge in [0.1, 0.15) is 4.99 Å². The molecule has 0 aliphatic heterocycles. The molecular weight excluding hydrogens is 347 g/mol. The van der Waals surface area contributed by atoms with Crippen LogP contribution in [0.15, 0.2) is 34.1 Å². The number of hydrogen-bond donors (Lipinski definition) is 2. The lowest BCUT2D eigenvalue weighted by Gasteiger charge is -2.10. The van der Waals surface area contributed by atoms with Gasteiger partial charge in [-0.05, 0) is 45.9 Å². The summed E-state index contributed by atoms with van der Waals surface area (Å²) in [4.78, 5) is 1.45. The van der Waals surface area contributed by atoms with Crippen LogP contribution in [-0.2, 0) is 6.42 Å². The Kier molecular flexibility index (Phi) is 4.90. The highest BCUT2D eigenvalue weighted by atomic mass is 79.9. The highest BCUT2D eigenvalue weighted by Crippen LogP contribution is 2.27. The number of benzene rings is 1. The lowest BCUT2D eigenvalue weighted by atomic mass is 10.2. The third-order valence-corrected chi connectivity index (χ3v) is 4.55. The van der Waals surface area contributed by atoms with E-state index < -0.39 is 0 Å². The summed E-state index contributed by atoms with van der Waals surface area (Å²) in [5.41, 5.74) is 6.47. The van der Waals surface area contributed by atoms with E-state index in [4.69, 9.17) is 18.0 Å². The lowest BCUT2D eigenvalue weighted by molar-refractivity contribution is 0.623. The van der Waals surface area contributed by atoms with Gasteiger partial charge in [0.15, 0.2) is 5.82 Å². The molecule has 3 N–H and O–H groups in total. The van der Waals surface area contributed by atoms with Crippen LogP contribution in [0, 0.1) is 5.82 Å². The highest BCUT2D eigenvalue weighted by Gasteiger charge is 2.12. The van der Waals surface area contributed by atoms with E-state index in [0.717, 1.165) is 6.42 Å². The number of anilines is 1. The zero-order chi connectivity index (χ0) is 13.8. The minimum absolute atomic E-state index is 0.177. The summed E-state index contributed by atoms with van der Waals surface area (Å²) in [5, 5.41) is 5.11. The van der Waals surface area contributed by atoms with Crippen molar-refractivity contribution in [1.82, 2.24) is 0 Å². The fourth-order valence-corrected chi connectivity index (χ4v) is 3.22. The van der Waals surface area contributed by atoms with E-state index in [-0.39, 0.29) is 10.8 Å². The Morgan fingerprint density at radius 2 is 2.21 bits per heavy atom. The minimum atomic E-state index is -0.364. The van der Waals surface area contributed by atoms with Gasteiger partial charge in [-0.1, -0.05) is 18.3 Å². The molecule has 0 aliphatic carbocycles. The van der Waals surface area contributed by atoms with E-state index in [2.05, 4.69) is 27.3 Å². The Balaban J connectivity index is 2.05. The zero-order valence-corrected chi connectivity index (χ0v) is 13.2. The van der Waals surface area contributed by atoms with Crippen molar-refractivity contribution in [1.29, 1.82) is 0 Å². The molecule has 2 aromatic rings. The molecule has 0 saturated carbocycles. The van der Waals surface area contributed by atoms with Crippen molar-refractivity contribution in [2.75, 3.05) is 11.9 Å². The first kappa shape index (κ1) is 14.4. The fraction of sp³-hybridized carbons (Fsp3) is 0.154. The normalized spacial score (nSPS) is 10.4. The summed E-state index contributed by atoms with van der Waals surface area (Å²) in [7, 11) is 0. The Labute approximate surface area is 129 Å². The van der Waals surface area contributed by atoms with E-state index in [1.165, 1.54) is 4.88 Å². The van der Waals surface area contributed by atoms with E-state index in [1.54, 1.807) is 23.5 Å². The molecule has 0 amide bonds. The quantitative estimate of drug-likeness (QED) is 0.795. The lowest BCUT2D eigenvalue weighted by Crippen LogP contribution is -2.12. The maximum Gasteiger partial charge on any atom is 0.161 e. The van der Waals surface area contributed by atoms with Gasteiger partial charge in [-0.15, -0.1) is 11.3 Å². The Hall–Kier alpha value is -0.980. The van der Waals surface area contributed by atoms with Crippen molar-refractivity contribution >= 4 is 50.2 Å². The molecule has 1 aromatic carbocycles. The van der Waals surface area contributed by atoms with Gasteiger partial charge in [0, 0.05) is 17.0 Å². The zero-order valence-electron chi connectivity index (χ0n) is 9.95. The Morgan fingerprint density at radius 1 is 1.42 bits per heavy atom. The molecule has 1 heterocycles. The number of nitrogens with one attached hydrogen (secondary N) is 1. The highest BCUT2D eigenvalue weighted by molar-refractivity contribution is 9.10. The van der Waals surface area contributed by atoms with Crippen molar-refractivity contribution in [3.05, 3.63) is 50.4 Å². The third kappa shape index (κ3) is 3.52. The van der Waals surface area contributed by atoms with Gasteiger partial charge in [-0.2, -0.15) is 0 Å². The molecule has 6 heteroatoms. The Bertz CT molecular complexity index is 585. The van der Waals surface area contributed by atoms with Crippen LogP contribution in [-0.4, -0.2) is 11.5 Å². The maximum atomic E-state index is 14.1. The molecule has 2 rings (SSSR count). The average Bonchev–Trinajstić information content (AvgIpc) is 2.87. The summed E-state index contributed by atoms with van der Waals surface area (Å²) < 4.78 is 14.4. The van der Waals surface area contributed by atoms with Gasteiger partial charge in [0.25, 0.3) is 0 Å². The topological polar surface area (TPSA) is 38.0 Å². The van der Waals surface area contributed by atoms with E-state index in [0.29, 0.717) is 22.3 Å². The molecule has 0 aliphatic rings. The van der Waals surface area contributed by atoms with Crippen LogP contribution in [0.4, 0.5) is 10.1 Å².